The zero-order valence-electron chi connectivity index (χ0n) is 6.12. The number of rotatable bonds is 3. The van der Waals surface area contributed by atoms with Crippen molar-refractivity contribution in [1.82, 2.24) is 0 Å². The molecular weight excluding hydrogens is 241 g/mol. The molecule has 0 aromatic heterocycles. The van der Waals surface area contributed by atoms with Crippen LogP contribution in [0.2, 0.25) is 0 Å². The maximum absolute atomic E-state index is 10.4. The van der Waals surface area contributed by atoms with Crippen LogP contribution in [-0.2, 0) is 47.3 Å². The molecule has 0 saturated carbocycles. The van der Waals surface area contributed by atoms with E-state index in [4.69, 9.17) is 0 Å². The number of ketones is 1. The third-order valence-corrected chi connectivity index (χ3v) is 1.66. The molecule has 0 fully saturated rings. The third-order valence-electron chi connectivity index (χ3n) is 0.818. The van der Waals surface area contributed by atoms with Gasteiger partial charge >= 0.3 is 0 Å². The van der Waals surface area contributed by atoms with Crippen molar-refractivity contribution >= 4 is 15.6 Å². The average Bonchev–Trinajstić information content (AvgIpc) is 1.62. The largest absolute Gasteiger partial charge is 0.299 e. The molecule has 0 saturated heterocycles. The fraction of sp³-hybridized carbons (Fsp3) is 0.833. The maximum atomic E-state index is 10.4. The summed E-state index contributed by atoms with van der Waals surface area (Å²) >= 11 is 0. The van der Waals surface area contributed by atoms with Crippen LogP contribution in [0.15, 0.2) is 0 Å². The molecule has 0 aliphatic rings. The summed E-state index contributed by atoms with van der Waals surface area (Å²) in [7, 11) is -3.09. The topological polar surface area (TPSA) is 51.2 Å². The Kier molecular flexibility index (Phi) is 11.9. The van der Waals surface area contributed by atoms with Gasteiger partial charge in [-0.05, 0) is 0 Å². The van der Waals surface area contributed by atoms with Crippen LogP contribution < -0.4 is 0 Å². The Morgan fingerprint density at radius 1 is 1.36 bits per heavy atom. The summed E-state index contributed by atoms with van der Waals surface area (Å²) in [5, 5.41) is 0. The Hall–Kier alpha value is 0.724. The van der Waals surface area contributed by atoms with Crippen molar-refractivity contribution in [3.8, 4) is 0 Å². The van der Waals surface area contributed by atoms with E-state index in [-0.39, 0.29) is 51.7 Å². The summed E-state index contributed by atoms with van der Waals surface area (Å²) in [6.07, 6.45) is 1.35. The molecule has 11 heavy (non-hydrogen) atoms. The molecule has 0 unspecified atom stereocenters. The summed E-state index contributed by atoms with van der Waals surface area (Å²) in [6.45, 7) is 1.65. The first-order chi connectivity index (χ1) is 3.95. The van der Waals surface area contributed by atoms with Gasteiger partial charge in [0, 0.05) is 45.4 Å². The third kappa shape index (κ3) is 13.7. The van der Waals surface area contributed by atoms with E-state index in [0.29, 0.717) is 6.42 Å². The normalized spacial score (nSPS) is 9.27. The predicted molar refractivity (Wildman–Crippen MR) is 41.7 cm³/mol. The molecule has 0 N–H and O–H groups in total. The second kappa shape index (κ2) is 7.38. The average molecular weight is 255 g/mol. The summed E-state index contributed by atoms with van der Waals surface area (Å²) in [5.41, 5.74) is 0. The number of hydrogen-bond donors (Lipinski definition) is 0. The fourth-order valence-corrected chi connectivity index (χ4v) is 1.18. The van der Waals surface area contributed by atoms with Crippen molar-refractivity contribution < 1.29 is 45.9 Å². The first kappa shape index (κ1) is 17.7. The Labute approximate surface area is 93.7 Å². The molecule has 0 bridgehead atoms. The van der Waals surface area contributed by atoms with E-state index >= 15 is 0 Å². The molecule has 0 atom stereocenters. The smallest absolute Gasteiger partial charge is 0.154 e. The van der Waals surface area contributed by atoms with E-state index in [1.807, 2.05) is 0 Å². The first-order valence-electron chi connectivity index (χ1n) is 2.65. The van der Waals surface area contributed by atoms with Crippen LogP contribution in [-0.4, -0.2) is 26.2 Å². The standard InChI is InChI=1S/C5H10O3S.CH4.Y/c1-3-5(6)4-9(2,7)8;;/h3-4H2,1-2H3;1H4;. The van der Waals surface area contributed by atoms with Crippen molar-refractivity contribution in [3.05, 3.63) is 0 Å². The van der Waals surface area contributed by atoms with Gasteiger partial charge in [0.1, 0.15) is 11.5 Å². The molecule has 5 heteroatoms. The van der Waals surface area contributed by atoms with Crippen LogP contribution in [0.3, 0.4) is 0 Å². The second-order valence-electron chi connectivity index (χ2n) is 1.96. The van der Waals surface area contributed by atoms with E-state index in [0.717, 1.165) is 6.26 Å². The Bertz CT molecular complexity index is 196. The van der Waals surface area contributed by atoms with Crippen molar-refractivity contribution in [1.29, 1.82) is 0 Å². The van der Waals surface area contributed by atoms with Gasteiger partial charge in [-0.3, -0.25) is 4.79 Å². The number of hydrogen-bond acceptors (Lipinski definition) is 3. The molecule has 0 aromatic rings. The molecule has 0 spiro atoms. The van der Waals surface area contributed by atoms with Gasteiger partial charge in [0.2, 0.25) is 0 Å². The zero-order chi connectivity index (χ0) is 7.49. The van der Waals surface area contributed by atoms with Crippen molar-refractivity contribution in [3.63, 3.8) is 0 Å². The van der Waals surface area contributed by atoms with Crippen LogP contribution in [0.4, 0.5) is 0 Å². The summed E-state index contributed by atoms with van der Waals surface area (Å²) in [6, 6.07) is 0. The van der Waals surface area contributed by atoms with Crippen LogP contribution >= 0.6 is 0 Å². The summed E-state index contributed by atoms with van der Waals surface area (Å²) in [4.78, 5) is 10.4. The number of sulfone groups is 1. The van der Waals surface area contributed by atoms with Gasteiger partial charge in [0.05, 0.1) is 0 Å². The number of Topliss-reactive ketones (excluding diaryl/α,β-unsaturated/α-hetero) is 1. The molecular formula is C6H14O3SY. The van der Waals surface area contributed by atoms with E-state index in [1.54, 1.807) is 6.92 Å². The van der Waals surface area contributed by atoms with Gasteiger partial charge in [0.15, 0.2) is 9.84 Å². The molecule has 0 aromatic carbocycles. The molecule has 3 nitrogen and oxygen atoms in total. The Morgan fingerprint density at radius 3 is 1.82 bits per heavy atom. The van der Waals surface area contributed by atoms with Gasteiger partial charge in [-0.1, -0.05) is 14.4 Å². The Balaban J connectivity index is -0.000000320. The fourth-order valence-electron chi connectivity index (χ4n) is 0.394. The van der Waals surface area contributed by atoms with Gasteiger partial charge in [0.25, 0.3) is 0 Å². The van der Waals surface area contributed by atoms with Crippen LogP contribution in [0, 0.1) is 0 Å². The van der Waals surface area contributed by atoms with E-state index < -0.39 is 9.84 Å². The zero-order valence-corrected chi connectivity index (χ0v) is 9.78. The number of carbonyl (C=O) groups is 1. The van der Waals surface area contributed by atoms with Gasteiger partial charge in [-0.2, -0.15) is 0 Å². The van der Waals surface area contributed by atoms with Crippen LogP contribution in [0.5, 0.6) is 0 Å². The maximum Gasteiger partial charge on any atom is 0.154 e. The second-order valence-corrected chi connectivity index (χ2v) is 4.10. The van der Waals surface area contributed by atoms with Crippen LogP contribution in [0.1, 0.15) is 20.8 Å². The molecule has 0 aliphatic heterocycles. The van der Waals surface area contributed by atoms with Crippen molar-refractivity contribution in [2.45, 2.75) is 20.8 Å². The summed E-state index contributed by atoms with van der Waals surface area (Å²) in [5.74, 6) is -0.541. The SMILES string of the molecule is C.CCC(=O)CS(C)(=O)=O.[Y]. The van der Waals surface area contributed by atoms with Gasteiger partial charge in [-0.15, -0.1) is 0 Å². The van der Waals surface area contributed by atoms with Gasteiger partial charge < -0.3 is 0 Å². The van der Waals surface area contributed by atoms with E-state index in [2.05, 4.69) is 0 Å². The molecule has 0 rings (SSSR count). The van der Waals surface area contributed by atoms with Crippen molar-refractivity contribution in [2.75, 3.05) is 12.0 Å². The molecule has 0 aliphatic carbocycles. The Morgan fingerprint density at radius 2 is 1.73 bits per heavy atom. The van der Waals surface area contributed by atoms with E-state index in [9.17, 15) is 13.2 Å². The first-order valence-corrected chi connectivity index (χ1v) is 4.71. The minimum atomic E-state index is -3.09. The minimum absolute atomic E-state index is 0. The predicted octanol–water partition coefficient (Wildman–Crippen LogP) is 0.644. The minimum Gasteiger partial charge on any atom is -0.299 e. The number of carbonyl (C=O) groups excluding carboxylic acids is 1. The van der Waals surface area contributed by atoms with E-state index in [1.165, 1.54) is 0 Å². The molecule has 0 heterocycles. The van der Waals surface area contributed by atoms with Crippen molar-refractivity contribution in [2.24, 2.45) is 0 Å². The monoisotopic (exact) mass is 255 g/mol. The molecule has 0 amide bonds. The van der Waals surface area contributed by atoms with Gasteiger partial charge in [-0.25, -0.2) is 8.42 Å². The van der Waals surface area contributed by atoms with Crippen LogP contribution in [0.25, 0.3) is 0 Å². The molecule has 1 radical (unpaired) electrons. The quantitative estimate of drug-likeness (QED) is 0.743. The summed E-state index contributed by atoms with van der Waals surface area (Å²) < 4.78 is 20.8. The molecule has 65 valence electrons.